The molecule has 0 saturated heterocycles. The predicted molar refractivity (Wildman–Crippen MR) is 208 cm³/mol. The van der Waals surface area contributed by atoms with Crippen LogP contribution in [-0.2, 0) is 10.8 Å². The third-order valence-electron chi connectivity index (χ3n) is 10.6. The summed E-state index contributed by atoms with van der Waals surface area (Å²) in [5.41, 5.74) is 14.2. The third-order valence-corrected chi connectivity index (χ3v) is 10.6. The van der Waals surface area contributed by atoms with E-state index in [9.17, 15) is 0 Å². The Morgan fingerprint density at radius 2 is 1.14 bits per heavy atom. The number of benzene rings is 7. The molecule has 8 aromatic rings. The molecule has 1 aromatic heterocycles. The average Bonchev–Trinajstić information content (AvgIpc) is 3.62. The maximum absolute atomic E-state index is 6.90. The van der Waals surface area contributed by atoms with Gasteiger partial charge in [-0.2, -0.15) is 0 Å². The highest BCUT2D eigenvalue weighted by atomic mass is 16.3. The van der Waals surface area contributed by atoms with Gasteiger partial charge in [-0.3, -0.25) is 0 Å². The minimum atomic E-state index is -0.110. The van der Waals surface area contributed by atoms with Gasteiger partial charge in [-0.1, -0.05) is 144 Å². The number of hydrogen-bond acceptors (Lipinski definition) is 2. The molecule has 0 bridgehead atoms. The molecule has 0 amide bonds. The molecule has 0 saturated carbocycles. The molecule has 238 valence electrons. The standard InChI is InChI=1S/C47H39NO/c1-46(2,3)33-22-17-30(18-23-33)31-19-24-34(25-20-31)48(35-26-28-38-37-13-8-9-15-41(37)47(4,5)42(38)29-35)43-16-10-14-39-40-27-21-32-11-6-7-12-36(32)44(40)49-45(39)43/h6-29H,1-5H3. The van der Waals surface area contributed by atoms with E-state index in [1.807, 2.05) is 0 Å². The first-order valence-corrected chi connectivity index (χ1v) is 17.3. The molecule has 0 aliphatic heterocycles. The molecule has 49 heavy (non-hydrogen) atoms. The Labute approximate surface area is 288 Å². The molecule has 1 aliphatic rings. The van der Waals surface area contributed by atoms with Crippen LogP contribution in [0, 0.1) is 0 Å². The van der Waals surface area contributed by atoms with Crippen LogP contribution in [0.25, 0.3) is 55.0 Å². The quantitative estimate of drug-likeness (QED) is 0.192. The first kappa shape index (κ1) is 29.5. The van der Waals surface area contributed by atoms with Gasteiger partial charge in [0.25, 0.3) is 0 Å². The van der Waals surface area contributed by atoms with E-state index in [0.29, 0.717) is 0 Å². The van der Waals surface area contributed by atoms with Crippen molar-refractivity contribution in [2.75, 3.05) is 4.90 Å². The monoisotopic (exact) mass is 633 g/mol. The van der Waals surface area contributed by atoms with Crippen LogP contribution < -0.4 is 4.90 Å². The van der Waals surface area contributed by atoms with Crippen molar-refractivity contribution in [3.63, 3.8) is 0 Å². The molecule has 2 heteroatoms. The normalized spacial score (nSPS) is 13.6. The molecule has 9 rings (SSSR count). The summed E-state index contributed by atoms with van der Waals surface area (Å²) in [6, 6.07) is 53.2. The zero-order valence-corrected chi connectivity index (χ0v) is 28.7. The van der Waals surface area contributed by atoms with Crippen LogP contribution in [0.3, 0.4) is 0 Å². The molecule has 1 heterocycles. The highest BCUT2D eigenvalue weighted by molar-refractivity contribution is 6.17. The lowest BCUT2D eigenvalue weighted by Crippen LogP contribution is -2.16. The topological polar surface area (TPSA) is 16.4 Å². The van der Waals surface area contributed by atoms with E-state index in [1.165, 1.54) is 44.3 Å². The summed E-state index contributed by atoms with van der Waals surface area (Å²) < 4.78 is 6.90. The fourth-order valence-electron chi connectivity index (χ4n) is 7.91. The number of fused-ring (bicyclic) bond motifs is 8. The van der Waals surface area contributed by atoms with E-state index in [0.717, 1.165) is 44.4 Å². The molecule has 0 unspecified atom stereocenters. The van der Waals surface area contributed by atoms with Gasteiger partial charge in [0.15, 0.2) is 5.58 Å². The minimum Gasteiger partial charge on any atom is -0.453 e. The van der Waals surface area contributed by atoms with Crippen LogP contribution in [0.2, 0.25) is 0 Å². The second kappa shape index (κ2) is 10.7. The van der Waals surface area contributed by atoms with Crippen molar-refractivity contribution < 1.29 is 4.42 Å². The van der Waals surface area contributed by atoms with Gasteiger partial charge in [-0.05, 0) is 86.1 Å². The molecule has 0 atom stereocenters. The second-order valence-corrected chi connectivity index (χ2v) is 15.0. The lowest BCUT2D eigenvalue weighted by Gasteiger charge is -2.28. The first-order chi connectivity index (χ1) is 23.7. The van der Waals surface area contributed by atoms with Crippen LogP contribution in [-0.4, -0.2) is 0 Å². The van der Waals surface area contributed by atoms with E-state index >= 15 is 0 Å². The van der Waals surface area contributed by atoms with E-state index in [1.54, 1.807) is 0 Å². The Balaban J connectivity index is 1.23. The highest BCUT2D eigenvalue weighted by Gasteiger charge is 2.36. The molecular formula is C47H39NO. The Bertz CT molecular complexity index is 2540. The van der Waals surface area contributed by atoms with Crippen LogP contribution in [0.1, 0.15) is 51.3 Å². The maximum Gasteiger partial charge on any atom is 0.159 e. The summed E-state index contributed by atoms with van der Waals surface area (Å²) in [4.78, 5) is 2.37. The van der Waals surface area contributed by atoms with E-state index in [-0.39, 0.29) is 10.8 Å². The molecule has 2 nitrogen and oxygen atoms in total. The van der Waals surface area contributed by atoms with Crippen LogP contribution in [0.15, 0.2) is 150 Å². The number of para-hydroxylation sites is 1. The summed E-state index contributed by atoms with van der Waals surface area (Å²) in [6.45, 7) is 11.5. The lowest BCUT2D eigenvalue weighted by atomic mass is 9.82. The van der Waals surface area contributed by atoms with Crippen molar-refractivity contribution in [3.05, 3.63) is 162 Å². The van der Waals surface area contributed by atoms with Crippen LogP contribution in [0.5, 0.6) is 0 Å². The number of hydrogen-bond donors (Lipinski definition) is 0. The first-order valence-electron chi connectivity index (χ1n) is 17.3. The Hall–Kier alpha value is -5.60. The summed E-state index contributed by atoms with van der Waals surface area (Å²) in [5.74, 6) is 0. The van der Waals surface area contributed by atoms with E-state index < -0.39 is 0 Å². The summed E-state index contributed by atoms with van der Waals surface area (Å²) in [6.07, 6.45) is 0. The summed E-state index contributed by atoms with van der Waals surface area (Å²) in [5, 5.41) is 4.56. The van der Waals surface area contributed by atoms with Crippen molar-refractivity contribution in [1.29, 1.82) is 0 Å². The summed E-state index contributed by atoms with van der Waals surface area (Å²) in [7, 11) is 0. The fourth-order valence-corrected chi connectivity index (χ4v) is 7.91. The third kappa shape index (κ3) is 4.62. The molecule has 0 spiro atoms. The molecule has 7 aromatic carbocycles. The van der Waals surface area contributed by atoms with Crippen LogP contribution in [0.4, 0.5) is 17.1 Å². The van der Waals surface area contributed by atoms with E-state index in [2.05, 4.69) is 185 Å². The van der Waals surface area contributed by atoms with Crippen molar-refractivity contribution >= 4 is 49.8 Å². The van der Waals surface area contributed by atoms with Crippen LogP contribution >= 0.6 is 0 Å². The van der Waals surface area contributed by atoms with Crippen molar-refractivity contribution in [1.82, 2.24) is 0 Å². The van der Waals surface area contributed by atoms with Gasteiger partial charge in [0.2, 0.25) is 0 Å². The van der Waals surface area contributed by atoms with Gasteiger partial charge in [-0.15, -0.1) is 0 Å². The Morgan fingerprint density at radius 1 is 0.510 bits per heavy atom. The maximum atomic E-state index is 6.90. The van der Waals surface area contributed by atoms with Gasteiger partial charge in [0.05, 0.1) is 5.69 Å². The van der Waals surface area contributed by atoms with Gasteiger partial charge in [0, 0.05) is 32.9 Å². The SMILES string of the molecule is CC(C)(C)c1ccc(-c2ccc(N(c3ccc4c(c3)C(C)(C)c3ccccc3-4)c3cccc4c3oc3c5ccccc5ccc43)cc2)cc1. The molecule has 0 radical (unpaired) electrons. The van der Waals surface area contributed by atoms with E-state index in [4.69, 9.17) is 4.42 Å². The Kier molecular flexibility index (Phi) is 6.45. The fraction of sp³-hybridized carbons (Fsp3) is 0.149. The van der Waals surface area contributed by atoms with Crippen molar-refractivity contribution in [2.45, 2.75) is 45.4 Å². The molecule has 0 N–H and O–H groups in total. The Morgan fingerprint density at radius 3 is 1.92 bits per heavy atom. The van der Waals surface area contributed by atoms with Crippen molar-refractivity contribution in [2.24, 2.45) is 0 Å². The number of nitrogens with zero attached hydrogens (tertiary/aromatic N) is 1. The van der Waals surface area contributed by atoms with Gasteiger partial charge >= 0.3 is 0 Å². The zero-order valence-electron chi connectivity index (χ0n) is 28.7. The number of furan rings is 1. The number of anilines is 3. The van der Waals surface area contributed by atoms with Gasteiger partial charge in [-0.25, -0.2) is 0 Å². The second-order valence-electron chi connectivity index (χ2n) is 15.0. The lowest BCUT2D eigenvalue weighted by molar-refractivity contribution is 0.590. The molecular weight excluding hydrogens is 595 g/mol. The molecule has 1 aliphatic carbocycles. The van der Waals surface area contributed by atoms with Crippen molar-refractivity contribution in [3.8, 4) is 22.3 Å². The smallest absolute Gasteiger partial charge is 0.159 e. The minimum absolute atomic E-state index is 0.110. The predicted octanol–water partition coefficient (Wildman–Crippen LogP) is 13.5. The largest absolute Gasteiger partial charge is 0.453 e. The van der Waals surface area contributed by atoms with Gasteiger partial charge < -0.3 is 9.32 Å². The highest BCUT2D eigenvalue weighted by Crippen LogP contribution is 2.51. The number of rotatable bonds is 4. The zero-order chi connectivity index (χ0) is 33.5. The van der Waals surface area contributed by atoms with Gasteiger partial charge in [0.1, 0.15) is 5.58 Å². The molecule has 0 fully saturated rings. The average molecular weight is 634 g/mol. The summed E-state index contributed by atoms with van der Waals surface area (Å²) >= 11 is 0.